The van der Waals surface area contributed by atoms with Crippen molar-refractivity contribution in [1.29, 1.82) is 0 Å². The van der Waals surface area contributed by atoms with Crippen LogP contribution in [-0.2, 0) is 4.74 Å². The summed E-state index contributed by atoms with van der Waals surface area (Å²) in [5.41, 5.74) is 6.40. The number of rotatable bonds is 7. The SMILES string of the molecule is CCN(CCOCCN)c1nccn2nccc12. The lowest BCUT2D eigenvalue weighted by Gasteiger charge is -2.22. The van der Waals surface area contributed by atoms with E-state index in [1.807, 2.05) is 16.8 Å². The molecule has 0 aliphatic heterocycles. The van der Waals surface area contributed by atoms with Crippen LogP contribution in [0.1, 0.15) is 6.92 Å². The topological polar surface area (TPSA) is 68.7 Å². The average Bonchev–Trinajstić information content (AvgIpc) is 2.87. The minimum Gasteiger partial charge on any atom is -0.378 e. The molecule has 0 aliphatic carbocycles. The first kappa shape index (κ1) is 12.8. The standard InChI is InChI=1S/C12H19N5O/c1-2-16(8-10-18-9-4-13)12-11-3-5-15-17(11)7-6-14-12/h3,5-7H,2,4,8-10,13H2,1H3. The van der Waals surface area contributed by atoms with E-state index < -0.39 is 0 Å². The van der Waals surface area contributed by atoms with Crippen LogP contribution >= 0.6 is 0 Å². The van der Waals surface area contributed by atoms with E-state index in [9.17, 15) is 0 Å². The minimum absolute atomic E-state index is 0.558. The Kier molecular flexibility index (Phi) is 4.49. The molecule has 0 unspecified atom stereocenters. The summed E-state index contributed by atoms with van der Waals surface area (Å²) >= 11 is 0. The van der Waals surface area contributed by atoms with Crippen molar-refractivity contribution >= 4 is 11.3 Å². The van der Waals surface area contributed by atoms with Gasteiger partial charge in [0.1, 0.15) is 5.52 Å². The van der Waals surface area contributed by atoms with Crippen molar-refractivity contribution in [2.24, 2.45) is 5.73 Å². The van der Waals surface area contributed by atoms with Crippen LogP contribution in [0.15, 0.2) is 24.7 Å². The summed E-state index contributed by atoms with van der Waals surface area (Å²) in [6, 6.07) is 1.96. The van der Waals surface area contributed by atoms with Gasteiger partial charge in [0.25, 0.3) is 0 Å². The fourth-order valence-corrected chi connectivity index (χ4v) is 1.86. The second kappa shape index (κ2) is 6.32. The smallest absolute Gasteiger partial charge is 0.154 e. The van der Waals surface area contributed by atoms with E-state index in [4.69, 9.17) is 10.5 Å². The first-order chi connectivity index (χ1) is 8.86. The molecule has 0 spiro atoms. The summed E-state index contributed by atoms with van der Waals surface area (Å²) in [6.07, 6.45) is 5.38. The van der Waals surface area contributed by atoms with Crippen LogP contribution in [0.2, 0.25) is 0 Å². The normalized spacial score (nSPS) is 11.0. The number of nitrogens with zero attached hydrogens (tertiary/aromatic N) is 4. The first-order valence-corrected chi connectivity index (χ1v) is 6.18. The summed E-state index contributed by atoms with van der Waals surface area (Å²) in [5.74, 6) is 0.939. The highest BCUT2D eigenvalue weighted by molar-refractivity contribution is 5.68. The van der Waals surface area contributed by atoms with Crippen molar-refractivity contribution in [3.8, 4) is 0 Å². The molecule has 0 fully saturated rings. The molecule has 98 valence electrons. The van der Waals surface area contributed by atoms with Crippen LogP contribution in [0.4, 0.5) is 5.82 Å². The monoisotopic (exact) mass is 249 g/mol. The van der Waals surface area contributed by atoms with E-state index >= 15 is 0 Å². The van der Waals surface area contributed by atoms with Crippen LogP contribution in [0.3, 0.4) is 0 Å². The zero-order chi connectivity index (χ0) is 12.8. The molecule has 0 aromatic carbocycles. The Labute approximate surface area is 106 Å². The molecule has 6 heteroatoms. The van der Waals surface area contributed by atoms with Gasteiger partial charge in [-0.15, -0.1) is 0 Å². The van der Waals surface area contributed by atoms with Crippen LogP contribution < -0.4 is 10.6 Å². The molecule has 0 saturated carbocycles. The highest BCUT2D eigenvalue weighted by Crippen LogP contribution is 2.17. The van der Waals surface area contributed by atoms with Crippen molar-refractivity contribution < 1.29 is 4.74 Å². The van der Waals surface area contributed by atoms with E-state index in [1.54, 1.807) is 12.4 Å². The van der Waals surface area contributed by atoms with Gasteiger partial charge < -0.3 is 15.4 Å². The van der Waals surface area contributed by atoms with E-state index in [-0.39, 0.29) is 0 Å². The molecule has 2 rings (SSSR count). The number of anilines is 1. The Bertz CT molecular complexity index is 484. The molecule has 0 radical (unpaired) electrons. The van der Waals surface area contributed by atoms with Crippen molar-refractivity contribution in [3.05, 3.63) is 24.7 Å². The number of nitrogens with two attached hydrogens (primary N) is 1. The number of likely N-dealkylation sites (N-methyl/N-ethyl adjacent to an activating group) is 1. The van der Waals surface area contributed by atoms with Gasteiger partial charge >= 0.3 is 0 Å². The summed E-state index contributed by atoms with van der Waals surface area (Å²) in [7, 11) is 0. The van der Waals surface area contributed by atoms with Crippen molar-refractivity contribution in [2.45, 2.75) is 6.92 Å². The molecule has 0 aliphatic rings. The summed E-state index contributed by atoms with van der Waals surface area (Å²) in [5, 5.41) is 4.21. The zero-order valence-corrected chi connectivity index (χ0v) is 10.6. The second-order valence-electron chi connectivity index (χ2n) is 3.89. The highest BCUT2D eigenvalue weighted by atomic mass is 16.5. The van der Waals surface area contributed by atoms with Crippen LogP contribution in [0.25, 0.3) is 5.52 Å². The van der Waals surface area contributed by atoms with Gasteiger partial charge in [-0.3, -0.25) is 0 Å². The first-order valence-electron chi connectivity index (χ1n) is 6.18. The highest BCUT2D eigenvalue weighted by Gasteiger charge is 2.10. The van der Waals surface area contributed by atoms with Gasteiger partial charge in [-0.05, 0) is 13.0 Å². The average molecular weight is 249 g/mol. The molecule has 2 aromatic rings. The molecular weight excluding hydrogens is 230 g/mol. The second-order valence-corrected chi connectivity index (χ2v) is 3.89. The summed E-state index contributed by atoms with van der Waals surface area (Å²) in [6.45, 7) is 5.59. The molecule has 0 saturated heterocycles. The Balaban J connectivity index is 2.09. The minimum atomic E-state index is 0.558. The summed E-state index contributed by atoms with van der Waals surface area (Å²) < 4.78 is 7.24. The van der Waals surface area contributed by atoms with Crippen LogP contribution in [0.5, 0.6) is 0 Å². The van der Waals surface area contributed by atoms with Gasteiger partial charge in [0.15, 0.2) is 5.82 Å². The number of aromatic nitrogens is 3. The molecule has 0 atom stereocenters. The number of hydrogen-bond donors (Lipinski definition) is 1. The third-order valence-corrected chi connectivity index (χ3v) is 2.75. The van der Waals surface area contributed by atoms with Gasteiger partial charge in [0, 0.05) is 32.0 Å². The van der Waals surface area contributed by atoms with E-state index in [0.29, 0.717) is 19.8 Å². The lowest BCUT2D eigenvalue weighted by Crippen LogP contribution is -2.29. The fraction of sp³-hybridized carbons (Fsp3) is 0.500. The molecule has 2 aromatic heterocycles. The van der Waals surface area contributed by atoms with Gasteiger partial charge in [-0.1, -0.05) is 0 Å². The molecule has 2 N–H and O–H groups in total. The van der Waals surface area contributed by atoms with Crippen LogP contribution in [-0.4, -0.2) is 47.4 Å². The largest absolute Gasteiger partial charge is 0.378 e. The Morgan fingerprint density at radius 1 is 1.39 bits per heavy atom. The summed E-state index contributed by atoms with van der Waals surface area (Å²) in [4.78, 5) is 6.61. The quantitative estimate of drug-likeness (QED) is 0.725. The Morgan fingerprint density at radius 3 is 3.06 bits per heavy atom. The van der Waals surface area contributed by atoms with Crippen molar-refractivity contribution in [1.82, 2.24) is 14.6 Å². The lowest BCUT2D eigenvalue weighted by atomic mass is 10.4. The van der Waals surface area contributed by atoms with Crippen LogP contribution in [0, 0.1) is 0 Å². The van der Waals surface area contributed by atoms with Gasteiger partial charge in [-0.25, -0.2) is 9.50 Å². The molecular formula is C12H19N5O. The number of fused-ring (bicyclic) bond motifs is 1. The maximum atomic E-state index is 5.41. The fourth-order valence-electron chi connectivity index (χ4n) is 1.86. The van der Waals surface area contributed by atoms with Crippen molar-refractivity contribution in [2.75, 3.05) is 37.7 Å². The molecule has 0 bridgehead atoms. The zero-order valence-electron chi connectivity index (χ0n) is 10.6. The molecule has 0 amide bonds. The Hall–Kier alpha value is -1.66. The lowest BCUT2D eigenvalue weighted by molar-refractivity contribution is 0.147. The van der Waals surface area contributed by atoms with E-state index in [2.05, 4.69) is 21.9 Å². The maximum Gasteiger partial charge on any atom is 0.154 e. The number of ether oxygens (including phenoxy) is 1. The predicted octanol–water partition coefficient (Wildman–Crippen LogP) is 0.531. The number of hydrogen-bond acceptors (Lipinski definition) is 5. The van der Waals surface area contributed by atoms with Gasteiger partial charge in [0.2, 0.25) is 0 Å². The Morgan fingerprint density at radius 2 is 2.28 bits per heavy atom. The van der Waals surface area contributed by atoms with Crippen molar-refractivity contribution in [3.63, 3.8) is 0 Å². The van der Waals surface area contributed by atoms with Gasteiger partial charge in [-0.2, -0.15) is 5.10 Å². The van der Waals surface area contributed by atoms with Gasteiger partial charge in [0.05, 0.1) is 19.4 Å². The third kappa shape index (κ3) is 2.77. The third-order valence-electron chi connectivity index (χ3n) is 2.75. The molecule has 18 heavy (non-hydrogen) atoms. The molecule has 2 heterocycles. The maximum absolute atomic E-state index is 5.41. The van der Waals surface area contributed by atoms with E-state index in [0.717, 1.165) is 24.4 Å². The predicted molar refractivity (Wildman–Crippen MR) is 70.7 cm³/mol. The van der Waals surface area contributed by atoms with E-state index in [1.165, 1.54) is 0 Å². The molecule has 6 nitrogen and oxygen atoms in total.